The highest BCUT2D eigenvalue weighted by molar-refractivity contribution is 6.06. The Hall–Kier alpha value is -3.35. The zero-order valence-electron chi connectivity index (χ0n) is 16.6. The van der Waals surface area contributed by atoms with Crippen LogP contribution in [0, 0.1) is 0 Å². The summed E-state index contributed by atoms with van der Waals surface area (Å²) in [6.45, 7) is 1.92. The van der Waals surface area contributed by atoms with Gasteiger partial charge >= 0.3 is 6.09 Å². The van der Waals surface area contributed by atoms with E-state index in [4.69, 9.17) is 4.74 Å². The summed E-state index contributed by atoms with van der Waals surface area (Å²) in [5.41, 5.74) is 2.48. The van der Waals surface area contributed by atoms with Crippen LogP contribution in [0.1, 0.15) is 24.5 Å². The molecule has 1 aliphatic rings. The highest BCUT2D eigenvalue weighted by Crippen LogP contribution is 2.33. The Kier molecular flexibility index (Phi) is 6.49. The Morgan fingerprint density at radius 2 is 1.79 bits per heavy atom. The van der Waals surface area contributed by atoms with Gasteiger partial charge in [-0.05, 0) is 23.6 Å². The number of amides is 3. The van der Waals surface area contributed by atoms with Crippen molar-refractivity contribution in [3.63, 3.8) is 0 Å². The number of fused-ring (bicyclic) bond motifs is 1. The number of hydrogen-bond acceptors (Lipinski definition) is 4. The van der Waals surface area contributed by atoms with E-state index < -0.39 is 18.2 Å². The van der Waals surface area contributed by atoms with Gasteiger partial charge < -0.3 is 15.4 Å². The minimum absolute atomic E-state index is 0.116. The second kappa shape index (κ2) is 9.23. The van der Waals surface area contributed by atoms with Gasteiger partial charge in [-0.2, -0.15) is 0 Å². The summed E-state index contributed by atoms with van der Waals surface area (Å²) in [7, 11) is 1.55. The normalized spacial score (nSPS) is 15.9. The zero-order chi connectivity index (χ0) is 20.8. The van der Waals surface area contributed by atoms with Crippen LogP contribution in [0.2, 0.25) is 0 Å². The number of alkyl carbamates (subject to hydrolysis) is 1. The van der Waals surface area contributed by atoms with Gasteiger partial charge in [0.1, 0.15) is 18.7 Å². The Bertz CT molecular complexity index is 885. The molecule has 2 atom stereocenters. The van der Waals surface area contributed by atoms with Crippen molar-refractivity contribution in [2.75, 3.05) is 11.9 Å². The molecular formula is C22H25N3O4. The molecule has 2 aromatic rings. The van der Waals surface area contributed by atoms with E-state index in [1.54, 1.807) is 14.0 Å². The first-order chi connectivity index (χ1) is 14.0. The third-order valence-corrected chi connectivity index (χ3v) is 4.97. The van der Waals surface area contributed by atoms with E-state index in [1.165, 1.54) is 4.90 Å². The lowest BCUT2D eigenvalue weighted by atomic mass is 10.1. The van der Waals surface area contributed by atoms with Gasteiger partial charge in [-0.15, -0.1) is 0 Å². The summed E-state index contributed by atoms with van der Waals surface area (Å²) in [6.07, 6.45) is 0.146. The van der Waals surface area contributed by atoms with Crippen LogP contribution < -0.4 is 15.5 Å². The van der Waals surface area contributed by atoms with Crippen LogP contribution >= 0.6 is 0 Å². The molecule has 0 aliphatic carbocycles. The number of benzene rings is 2. The van der Waals surface area contributed by atoms with Gasteiger partial charge in [0.05, 0.1) is 0 Å². The summed E-state index contributed by atoms with van der Waals surface area (Å²) >= 11 is 0. The van der Waals surface area contributed by atoms with E-state index >= 15 is 0 Å². The minimum atomic E-state index is -0.795. The summed E-state index contributed by atoms with van der Waals surface area (Å²) < 4.78 is 5.24. The van der Waals surface area contributed by atoms with Gasteiger partial charge in [-0.3, -0.25) is 14.5 Å². The van der Waals surface area contributed by atoms with Gasteiger partial charge in [-0.1, -0.05) is 55.5 Å². The number of rotatable bonds is 6. The van der Waals surface area contributed by atoms with Crippen LogP contribution in [-0.2, 0) is 27.4 Å². The summed E-state index contributed by atoms with van der Waals surface area (Å²) in [5, 5.41) is 5.26. The summed E-state index contributed by atoms with van der Waals surface area (Å²) in [6, 6.07) is 15.3. The molecule has 0 bridgehead atoms. The first-order valence-electron chi connectivity index (χ1n) is 9.65. The van der Waals surface area contributed by atoms with E-state index in [-0.39, 0.29) is 18.4 Å². The lowest BCUT2D eigenvalue weighted by Crippen LogP contribution is -2.54. The number of likely N-dealkylation sites (N-methyl/N-ethyl adjacent to an activating group) is 1. The average molecular weight is 395 g/mol. The Morgan fingerprint density at radius 3 is 2.48 bits per heavy atom. The monoisotopic (exact) mass is 395 g/mol. The molecule has 1 heterocycles. The highest BCUT2D eigenvalue weighted by atomic mass is 16.5. The molecule has 0 unspecified atom stereocenters. The van der Waals surface area contributed by atoms with Crippen molar-refractivity contribution in [3.8, 4) is 0 Å². The van der Waals surface area contributed by atoms with Crippen LogP contribution in [0.5, 0.6) is 0 Å². The maximum Gasteiger partial charge on any atom is 0.408 e. The number of nitrogens with zero attached hydrogens (tertiary/aromatic N) is 1. The molecule has 29 heavy (non-hydrogen) atoms. The number of hydrogen-bond donors (Lipinski definition) is 2. The molecule has 0 fully saturated rings. The van der Waals surface area contributed by atoms with Gasteiger partial charge in [0, 0.05) is 19.2 Å². The van der Waals surface area contributed by atoms with Crippen molar-refractivity contribution in [2.24, 2.45) is 0 Å². The fourth-order valence-corrected chi connectivity index (χ4v) is 3.45. The van der Waals surface area contributed by atoms with Crippen LogP contribution in [-0.4, -0.2) is 37.0 Å². The Balaban J connectivity index is 1.71. The van der Waals surface area contributed by atoms with E-state index in [1.807, 2.05) is 54.6 Å². The van der Waals surface area contributed by atoms with Gasteiger partial charge in [0.2, 0.25) is 11.8 Å². The number of carbonyl (C=O) groups is 3. The van der Waals surface area contributed by atoms with Crippen LogP contribution in [0.15, 0.2) is 54.6 Å². The van der Waals surface area contributed by atoms with Crippen LogP contribution in [0.25, 0.3) is 0 Å². The molecule has 2 aromatic carbocycles. The molecule has 2 N–H and O–H groups in total. The lowest BCUT2D eigenvalue weighted by molar-refractivity contribution is -0.126. The number of anilines is 1. The molecule has 0 saturated carbocycles. The molecule has 7 heteroatoms. The molecule has 3 amide bonds. The molecule has 0 saturated heterocycles. The third kappa shape index (κ3) is 4.56. The first-order valence-corrected chi connectivity index (χ1v) is 9.65. The maximum atomic E-state index is 13.3. The van der Waals surface area contributed by atoms with Crippen molar-refractivity contribution in [1.82, 2.24) is 10.6 Å². The smallest absolute Gasteiger partial charge is 0.408 e. The van der Waals surface area contributed by atoms with Gasteiger partial charge in [0.25, 0.3) is 0 Å². The highest BCUT2D eigenvalue weighted by Gasteiger charge is 2.40. The lowest BCUT2D eigenvalue weighted by Gasteiger charge is -2.28. The molecule has 0 radical (unpaired) electrons. The van der Waals surface area contributed by atoms with Crippen molar-refractivity contribution < 1.29 is 19.1 Å². The van der Waals surface area contributed by atoms with Gasteiger partial charge in [-0.25, -0.2) is 4.79 Å². The Morgan fingerprint density at radius 1 is 1.10 bits per heavy atom. The summed E-state index contributed by atoms with van der Waals surface area (Å²) in [5.74, 6) is -0.571. The van der Waals surface area contributed by atoms with Crippen molar-refractivity contribution in [3.05, 3.63) is 65.7 Å². The standard InChI is InChI=1S/C22H25N3O4/c1-3-17(24-22(28)29-14-15-9-5-4-6-10-15)21(27)25-18-12-8-7-11-16(18)13-19(25)20(26)23-2/h4-12,17,19H,3,13-14H2,1-2H3,(H,23,26)(H,24,28)/t17-,19-/m0/s1. The number of para-hydroxylation sites is 1. The van der Waals surface area contributed by atoms with Crippen LogP contribution in [0.3, 0.4) is 0 Å². The molecule has 7 nitrogen and oxygen atoms in total. The average Bonchev–Trinajstić information content (AvgIpc) is 3.15. The SMILES string of the molecule is CC[C@H](NC(=O)OCc1ccccc1)C(=O)N1c2ccccc2C[C@H]1C(=O)NC. The minimum Gasteiger partial charge on any atom is -0.445 e. The van der Waals surface area contributed by atoms with Crippen LogP contribution in [0.4, 0.5) is 10.5 Å². The van der Waals surface area contributed by atoms with Crippen molar-refractivity contribution in [2.45, 2.75) is 38.5 Å². The second-order valence-corrected chi connectivity index (χ2v) is 6.84. The predicted molar refractivity (Wildman–Crippen MR) is 109 cm³/mol. The molecule has 3 rings (SSSR count). The Labute approximate surface area is 170 Å². The molecular weight excluding hydrogens is 370 g/mol. The first kappa shape index (κ1) is 20.4. The number of carbonyl (C=O) groups excluding carboxylic acids is 3. The number of nitrogens with one attached hydrogen (secondary N) is 2. The van der Waals surface area contributed by atoms with E-state index in [0.29, 0.717) is 18.5 Å². The second-order valence-electron chi connectivity index (χ2n) is 6.84. The van der Waals surface area contributed by atoms with E-state index in [0.717, 1.165) is 11.1 Å². The third-order valence-electron chi connectivity index (χ3n) is 4.97. The fraction of sp³-hybridized carbons (Fsp3) is 0.318. The zero-order valence-corrected chi connectivity index (χ0v) is 16.6. The van der Waals surface area contributed by atoms with Gasteiger partial charge in [0.15, 0.2) is 0 Å². The summed E-state index contributed by atoms with van der Waals surface area (Å²) in [4.78, 5) is 39.4. The topological polar surface area (TPSA) is 87.7 Å². The van der Waals surface area contributed by atoms with E-state index in [9.17, 15) is 14.4 Å². The van der Waals surface area contributed by atoms with Crippen molar-refractivity contribution >= 4 is 23.6 Å². The fourth-order valence-electron chi connectivity index (χ4n) is 3.45. The molecule has 0 aromatic heterocycles. The quantitative estimate of drug-likeness (QED) is 0.786. The number of ether oxygens (including phenoxy) is 1. The molecule has 1 aliphatic heterocycles. The largest absolute Gasteiger partial charge is 0.445 e. The predicted octanol–water partition coefficient (Wildman–Crippen LogP) is 2.40. The van der Waals surface area contributed by atoms with E-state index in [2.05, 4.69) is 10.6 Å². The van der Waals surface area contributed by atoms with Crippen molar-refractivity contribution in [1.29, 1.82) is 0 Å². The maximum absolute atomic E-state index is 13.3. The molecule has 0 spiro atoms. The molecule has 152 valence electrons.